The molecule has 4 heterocycles. The molecule has 15 rings (SSSR count). The third kappa shape index (κ3) is 8.83. The Hall–Kier alpha value is -8.85. The van der Waals surface area contributed by atoms with E-state index in [1.54, 1.807) is 0 Å². The van der Waals surface area contributed by atoms with Crippen molar-refractivity contribution in [2.75, 3.05) is 0 Å². The lowest BCUT2D eigenvalue weighted by Gasteiger charge is -2.36. The van der Waals surface area contributed by atoms with E-state index in [9.17, 15) is 0 Å². The molecule has 13 aromatic rings. The third-order valence-electron chi connectivity index (χ3n) is 20.0. The molecule has 0 bridgehead atoms. The SMILES string of the molecule is CC(C)c1cc(C(C)C)c(B2c3cc4c(cc3-n3c5ccc(-c6ccccc6)cc5c5cc(-c6ccccc6)cc2c53)-n2c3ccc(-c5ccccc5)cc3c3cc(-c5ccccc5)cc(c32)B4c2c(C(C)C)cc(C(C)C)cc2C(C)C)c(C(C)C)c1. The zero-order chi connectivity index (χ0) is 60.5. The van der Waals surface area contributed by atoms with E-state index >= 15 is 0 Å². The number of fused-ring (bicyclic) bond motifs is 10. The topological polar surface area (TPSA) is 9.86 Å². The Morgan fingerprint density at radius 2 is 0.557 bits per heavy atom. The summed E-state index contributed by atoms with van der Waals surface area (Å²) < 4.78 is 5.41. The van der Waals surface area contributed by atoms with Crippen LogP contribution in [-0.4, -0.2) is 22.6 Å². The molecule has 2 aliphatic rings. The summed E-state index contributed by atoms with van der Waals surface area (Å²) in [6, 6.07) is 85.0. The van der Waals surface area contributed by atoms with Crippen LogP contribution in [0.3, 0.4) is 0 Å². The van der Waals surface area contributed by atoms with Gasteiger partial charge in [-0.15, -0.1) is 0 Å². The lowest BCUT2D eigenvalue weighted by atomic mass is 9.30. The van der Waals surface area contributed by atoms with Crippen LogP contribution in [0.2, 0.25) is 0 Å². The van der Waals surface area contributed by atoms with Gasteiger partial charge < -0.3 is 9.13 Å². The minimum absolute atomic E-state index is 0.0992. The first-order valence-corrected chi connectivity index (χ1v) is 32.6. The second-order valence-corrected chi connectivity index (χ2v) is 27.5. The van der Waals surface area contributed by atoms with Crippen LogP contribution in [-0.2, 0) is 0 Å². The number of hydrogen-bond donors (Lipinski definition) is 0. The lowest BCUT2D eigenvalue weighted by Crippen LogP contribution is -2.62. The van der Waals surface area contributed by atoms with Gasteiger partial charge in [0.1, 0.15) is 0 Å². The van der Waals surface area contributed by atoms with Crippen LogP contribution in [0.15, 0.2) is 218 Å². The number of rotatable bonds is 12. The smallest absolute Gasteiger partial charge is 0.247 e. The van der Waals surface area contributed by atoms with Gasteiger partial charge in [-0.05, 0) is 178 Å². The molecule has 0 amide bonds. The molecule has 2 nitrogen and oxygen atoms in total. The molecule has 0 aliphatic carbocycles. The molecule has 11 aromatic carbocycles. The summed E-state index contributed by atoms with van der Waals surface area (Å²) in [6.07, 6.45) is 0. The van der Waals surface area contributed by atoms with Crippen molar-refractivity contribution in [3.8, 4) is 55.9 Å². The molecule has 88 heavy (non-hydrogen) atoms. The molecule has 0 N–H and O–H groups in total. The molecule has 0 spiro atoms. The van der Waals surface area contributed by atoms with Crippen molar-refractivity contribution in [3.05, 3.63) is 252 Å². The van der Waals surface area contributed by atoms with Gasteiger partial charge in [0.2, 0.25) is 13.4 Å². The van der Waals surface area contributed by atoms with Crippen molar-refractivity contribution in [1.82, 2.24) is 9.13 Å². The maximum Gasteiger partial charge on any atom is 0.247 e. The van der Waals surface area contributed by atoms with E-state index in [1.165, 1.54) is 166 Å². The highest BCUT2D eigenvalue weighted by atomic mass is 15.0. The monoisotopic (exact) mass is 1140 g/mol. The van der Waals surface area contributed by atoms with Crippen LogP contribution in [0, 0.1) is 0 Å². The maximum atomic E-state index is 2.78. The van der Waals surface area contributed by atoms with Gasteiger partial charge in [0.15, 0.2) is 0 Å². The summed E-state index contributed by atoms with van der Waals surface area (Å²) in [4.78, 5) is 0. The van der Waals surface area contributed by atoms with Crippen molar-refractivity contribution in [3.63, 3.8) is 0 Å². The van der Waals surface area contributed by atoms with Crippen LogP contribution in [0.5, 0.6) is 0 Å². The fourth-order valence-electron chi connectivity index (χ4n) is 15.6. The molecular weight excluding hydrogens is 1060 g/mol. The van der Waals surface area contributed by atoms with E-state index in [1.807, 2.05) is 0 Å². The van der Waals surface area contributed by atoms with E-state index in [0.717, 1.165) is 0 Å². The summed E-state index contributed by atoms with van der Waals surface area (Å²) in [5.41, 5.74) is 34.5. The summed E-state index contributed by atoms with van der Waals surface area (Å²) >= 11 is 0. The minimum atomic E-state index is -0.0992. The van der Waals surface area contributed by atoms with Gasteiger partial charge in [0.05, 0.1) is 11.0 Å². The summed E-state index contributed by atoms with van der Waals surface area (Å²) in [5.74, 6) is 1.88. The average Bonchev–Trinajstić information content (AvgIpc) is 1.42. The number of aromatic nitrogens is 2. The molecule has 4 heteroatoms. The molecule has 0 fully saturated rings. The average molecular weight is 1140 g/mol. The van der Waals surface area contributed by atoms with Crippen LogP contribution in [0.4, 0.5) is 0 Å². The summed E-state index contributed by atoms with van der Waals surface area (Å²) in [6.45, 7) is 28.8. The van der Waals surface area contributed by atoms with Crippen molar-refractivity contribution >= 4 is 89.8 Å². The van der Waals surface area contributed by atoms with Gasteiger partial charge in [-0.2, -0.15) is 0 Å². The standard InChI is InChI=1S/C84H78B2N2/c1-49(2)61-39-65(51(5)6)81(66(40-61)52(7)8)85-73-47-74-80(48-79(73)87-77-35-33-59(55-25-17-13-18-26-55)37-69(77)71-43-63(45-75(85)83(71)87)57-29-21-15-22-30-57)88-78-36-34-60(56-27-19-14-20-28-56)38-70(78)72-44-64(58-31-23-16-24-32-58)46-76(84(72)88)86(74)82-67(53(9)10)41-62(50(3)4)42-68(82)54(11)12/h13-54H,1-12H3. The first kappa shape index (κ1) is 55.7. The predicted molar refractivity (Wildman–Crippen MR) is 384 cm³/mol. The molecule has 0 unspecified atom stereocenters. The molecule has 0 radical (unpaired) electrons. The molecule has 430 valence electrons. The van der Waals surface area contributed by atoms with Crippen molar-refractivity contribution in [1.29, 1.82) is 0 Å². The third-order valence-corrected chi connectivity index (χ3v) is 20.0. The zero-order valence-electron chi connectivity index (χ0n) is 53.3. The van der Waals surface area contributed by atoms with E-state index in [4.69, 9.17) is 0 Å². The van der Waals surface area contributed by atoms with Crippen LogP contribution >= 0.6 is 0 Å². The normalized spacial score (nSPS) is 12.9. The predicted octanol–water partition coefficient (Wildman–Crippen LogP) is 18.9. The molecule has 2 aliphatic heterocycles. The first-order chi connectivity index (χ1) is 42.6. The lowest BCUT2D eigenvalue weighted by molar-refractivity contribution is 0.812. The Kier molecular flexibility index (Phi) is 13.6. The second-order valence-electron chi connectivity index (χ2n) is 27.5. The van der Waals surface area contributed by atoms with Crippen LogP contribution in [0.1, 0.15) is 152 Å². The quantitative estimate of drug-likeness (QED) is 0.108. The zero-order valence-corrected chi connectivity index (χ0v) is 53.3. The van der Waals surface area contributed by atoms with Crippen LogP contribution < -0.4 is 32.8 Å². The fraction of sp³-hybridized carbons (Fsp3) is 0.214. The second kappa shape index (κ2) is 21.5. The van der Waals surface area contributed by atoms with Gasteiger partial charge >= 0.3 is 0 Å². The fourth-order valence-corrected chi connectivity index (χ4v) is 15.6. The first-order valence-electron chi connectivity index (χ1n) is 32.6. The van der Waals surface area contributed by atoms with Gasteiger partial charge in [-0.1, -0.05) is 270 Å². The number of hydrogen-bond acceptors (Lipinski definition) is 0. The molecule has 0 saturated heterocycles. The Bertz CT molecular complexity index is 4540. The highest BCUT2D eigenvalue weighted by Gasteiger charge is 2.43. The highest BCUT2D eigenvalue weighted by Crippen LogP contribution is 2.43. The number of benzene rings is 11. The van der Waals surface area contributed by atoms with Crippen molar-refractivity contribution in [2.45, 2.75) is 119 Å². The van der Waals surface area contributed by atoms with Crippen molar-refractivity contribution in [2.24, 2.45) is 0 Å². The van der Waals surface area contributed by atoms with Crippen molar-refractivity contribution < 1.29 is 0 Å². The Morgan fingerprint density at radius 3 is 0.864 bits per heavy atom. The van der Waals surface area contributed by atoms with E-state index in [-0.39, 0.29) is 37.1 Å². The molecule has 0 atom stereocenters. The largest absolute Gasteiger partial charge is 0.310 e. The molecule has 0 saturated carbocycles. The van der Waals surface area contributed by atoms with E-state index < -0.39 is 0 Å². The van der Waals surface area contributed by atoms with Gasteiger partial charge in [0, 0.05) is 44.0 Å². The highest BCUT2D eigenvalue weighted by molar-refractivity contribution is 7.01. The Labute approximate surface area is 522 Å². The van der Waals surface area contributed by atoms with Gasteiger partial charge in [-0.3, -0.25) is 0 Å². The maximum absolute atomic E-state index is 2.78. The number of nitrogens with zero attached hydrogens (tertiary/aromatic N) is 2. The summed E-state index contributed by atoms with van der Waals surface area (Å²) in [5, 5.41) is 5.13. The van der Waals surface area contributed by atoms with Gasteiger partial charge in [0.25, 0.3) is 0 Å². The van der Waals surface area contributed by atoms with E-state index in [0.29, 0.717) is 11.8 Å². The van der Waals surface area contributed by atoms with E-state index in [2.05, 4.69) is 311 Å². The van der Waals surface area contributed by atoms with Gasteiger partial charge in [-0.25, -0.2) is 0 Å². The molecular formula is C84H78B2N2. The minimum Gasteiger partial charge on any atom is -0.310 e. The Balaban J connectivity index is 1.16. The van der Waals surface area contributed by atoms with Crippen LogP contribution in [0.25, 0.3) is 99.5 Å². The Morgan fingerprint density at radius 1 is 0.250 bits per heavy atom. The molecule has 2 aromatic heterocycles. The summed E-state index contributed by atoms with van der Waals surface area (Å²) in [7, 11) is 0.